The SMILES string of the molecule is COCC(CO)NC1CCCCC1(C)C. The highest BCUT2D eigenvalue weighted by Crippen LogP contribution is 2.35. The minimum absolute atomic E-state index is 0.0809. The third kappa shape index (κ3) is 3.74. The van der Waals surface area contributed by atoms with Gasteiger partial charge in [-0.2, -0.15) is 0 Å². The molecule has 0 aromatic heterocycles. The van der Waals surface area contributed by atoms with Crippen molar-refractivity contribution in [2.24, 2.45) is 5.41 Å². The van der Waals surface area contributed by atoms with E-state index in [2.05, 4.69) is 19.2 Å². The second kappa shape index (κ2) is 5.83. The van der Waals surface area contributed by atoms with E-state index in [-0.39, 0.29) is 12.6 Å². The lowest BCUT2D eigenvalue weighted by Crippen LogP contribution is -2.51. The van der Waals surface area contributed by atoms with Crippen LogP contribution in [0.25, 0.3) is 0 Å². The zero-order chi connectivity index (χ0) is 11.3. The number of aliphatic hydroxyl groups is 1. The minimum atomic E-state index is 0.0809. The van der Waals surface area contributed by atoms with Crippen LogP contribution >= 0.6 is 0 Å². The van der Waals surface area contributed by atoms with Crippen molar-refractivity contribution in [2.45, 2.75) is 51.6 Å². The van der Waals surface area contributed by atoms with E-state index in [9.17, 15) is 5.11 Å². The van der Waals surface area contributed by atoms with Crippen LogP contribution in [0.4, 0.5) is 0 Å². The van der Waals surface area contributed by atoms with Gasteiger partial charge in [-0.25, -0.2) is 0 Å². The highest BCUT2D eigenvalue weighted by molar-refractivity contribution is 4.89. The quantitative estimate of drug-likeness (QED) is 0.731. The Bertz CT molecular complexity index is 182. The van der Waals surface area contributed by atoms with Gasteiger partial charge in [-0.3, -0.25) is 0 Å². The van der Waals surface area contributed by atoms with Gasteiger partial charge in [0, 0.05) is 13.2 Å². The Morgan fingerprint density at radius 3 is 2.73 bits per heavy atom. The summed E-state index contributed by atoms with van der Waals surface area (Å²) in [4.78, 5) is 0. The van der Waals surface area contributed by atoms with Crippen molar-refractivity contribution >= 4 is 0 Å². The number of aliphatic hydroxyl groups excluding tert-OH is 1. The summed E-state index contributed by atoms with van der Waals surface area (Å²) in [5.74, 6) is 0. The Balaban J connectivity index is 2.46. The molecule has 0 radical (unpaired) electrons. The van der Waals surface area contributed by atoms with Gasteiger partial charge < -0.3 is 15.2 Å². The summed E-state index contributed by atoms with van der Waals surface area (Å²) < 4.78 is 5.08. The highest BCUT2D eigenvalue weighted by atomic mass is 16.5. The molecule has 2 N–H and O–H groups in total. The molecule has 90 valence electrons. The number of methoxy groups -OCH3 is 1. The van der Waals surface area contributed by atoms with E-state index in [0.29, 0.717) is 18.1 Å². The molecule has 0 heterocycles. The predicted molar refractivity (Wildman–Crippen MR) is 61.9 cm³/mol. The number of ether oxygens (including phenoxy) is 1. The molecule has 1 fully saturated rings. The Morgan fingerprint density at radius 1 is 1.47 bits per heavy atom. The molecule has 0 saturated heterocycles. The fourth-order valence-electron chi connectivity index (χ4n) is 2.44. The molecule has 0 bridgehead atoms. The van der Waals surface area contributed by atoms with Gasteiger partial charge in [-0.05, 0) is 18.3 Å². The lowest BCUT2D eigenvalue weighted by Gasteiger charge is -2.41. The topological polar surface area (TPSA) is 41.5 Å². The maximum Gasteiger partial charge on any atom is 0.0638 e. The molecule has 0 aliphatic heterocycles. The normalized spacial score (nSPS) is 27.6. The summed E-state index contributed by atoms with van der Waals surface area (Å²) in [7, 11) is 1.68. The molecular formula is C12H25NO2. The van der Waals surface area contributed by atoms with Gasteiger partial charge in [-0.15, -0.1) is 0 Å². The minimum Gasteiger partial charge on any atom is -0.395 e. The Morgan fingerprint density at radius 2 is 2.20 bits per heavy atom. The molecule has 15 heavy (non-hydrogen) atoms. The van der Waals surface area contributed by atoms with Gasteiger partial charge in [0.05, 0.1) is 19.3 Å². The summed E-state index contributed by atoms with van der Waals surface area (Å²) >= 11 is 0. The van der Waals surface area contributed by atoms with Crippen molar-refractivity contribution in [3.8, 4) is 0 Å². The maximum absolute atomic E-state index is 9.22. The Labute approximate surface area is 93.2 Å². The summed E-state index contributed by atoms with van der Waals surface area (Å²) in [5, 5.41) is 12.7. The third-order valence-corrected chi connectivity index (χ3v) is 3.53. The van der Waals surface area contributed by atoms with E-state index >= 15 is 0 Å². The summed E-state index contributed by atoms with van der Waals surface area (Å²) in [6.45, 7) is 5.36. The first-order valence-corrected chi connectivity index (χ1v) is 5.96. The molecule has 2 unspecified atom stereocenters. The van der Waals surface area contributed by atoms with Gasteiger partial charge in [0.1, 0.15) is 0 Å². The van der Waals surface area contributed by atoms with Crippen LogP contribution in [0.1, 0.15) is 39.5 Å². The van der Waals surface area contributed by atoms with Crippen LogP contribution in [-0.4, -0.2) is 37.5 Å². The first-order chi connectivity index (χ1) is 7.10. The van der Waals surface area contributed by atoms with Crippen LogP contribution < -0.4 is 5.32 Å². The van der Waals surface area contributed by atoms with Crippen molar-refractivity contribution < 1.29 is 9.84 Å². The largest absolute Gasteiger partial charge is 0.395 e. The monoisotopic (exact) mass is 215 g/mol. The van der Waals surface area contributed by atoms with Crippen LogP contribution in [0.5, 0.6) is 0 Å². The number of hydrogen-bond donors (Lipinski definition) is 2. The number of hydrogen-bond acceptors (Lipinski definition) is 3. The average molecular weight is 215 g/mol. The molecule has 3 nitrogen and oxygen atoms in total. The van der Waals surface area contributed by atoms with Crippen molar-refractivity contribution in [1.82, 2.24) is 5.32 Å². The molecule has 1 aliphatic rings. The number of nitrogens with one attached hydrogen (secondary N) is 1. The molecule has 1 rings (SSSR count). The van der Waals surface area contributed by atoms with Crippen molar-refractivity contribution in [1.29, 1.82) is 0 Å². The molecule has 1 saturated carbocycles. The standard InChI is InChI=1S/C12H25NO2/c1-12(2)7-5-4-6-11(12)13-10(8-14)9-15-3/h10-11,13-14H,4-9H2,1-3H3. The fraction of sp³-hybridized carbons (Fsp3) is 1.00. The molecule has 0 amide bonds. The zero-order valence-corrected chi connectivity index (χ0v) is 10.3. The summed E-state index contributed by atoms with van der Waals surface area (Å²) in [6.07, 6.45) is 5.12. The van der Waals surface area contributed by atoms with E-state index in [1.165, 1.54) is 25.7 Å². The van der Waals surface area contributed by atoms with Crippen molar-refractivity contribution in [3.05, 3.63) is 0 Å². The Hall–Kier alpha value is -0.120. The smallest absolute Gasteiger partial charge is 0.0638 e. The van der Waals surface area contributed by atoms with Crippen LogP contribution in [-0.2, 0) is 4.74 Å². The molecule has 1 aliphatic carbocycles. The molecule has 0 spiro atoms. The first kappa shape index (κ1) is 12.9. The number of rotatable bonds is 5. The second-order valence-corrected chi connectivity index (χ2v) is 5.29. The van der Waals surface area contributed by atoms with E-state index in [1.54, 1.807) is 7.11 Å². The summed E-state index contributed by atoms with van der Waals surface area (Å²) in [6, 6.07) is 0.593. The van der Waals surface area contributed by atoms with Gasteiger partial charge in [0.15, 0.2) is 0 Å². The van der Waals surface area contributed by atoms with E-state index in [1.807, 2.05) is 0 Å². The van der Waals surface area contributed by atoms with Crippen LogP contribution in [0.3, 0.4) is 0 Å². The van der Waals surface area contributed by atoms with Gasteiger partial charge in [-0.1, -0.05) is 26.7 Å². The lowest BCUT2D eigenvalue weighted by molar-refractivity contribution is 0.0887. The lowest BCUT2D eigenvalue weighted by atomic mass is 9.73. The van der Waals surface area contributed by atoms with Crippen LogP contribution in [0, 0.1) is 5.41 Å². The molecule has 0 aromatic carbocycles. The zero-order valence-electron chi connectivity index (χ0n) is 10.3. The highest BCUT2D eigenvalue weighted by Gasteiger charge is 2.33. The molecule has 0 aromatic rings. The van der Waals surface area contributed by atoms with Gasteiger partial charge in [0.25, 0.3) is 0 Å². The predicted octanol–water partition coefficient (Wildman–Crippen LogP) is 1.55. The van der Waals surface area contributed by atoms with Crippen LogP contribution in [0.15, 0.2) is 0 Å². The molecular weight excluding hydrogens is 190 g/mol. The third-order valence-electron chi connectivity index (χ3n) is 3.53. The van der Waals surface area contributed by atoms with E-state index in [4.69, 9.17) is 4.74 Å². The van der Waals surface area contributed by atoms with Crippen molar-refractivity contribution in [3.63, 3.8) is 0 Å². The van der Waals surface area contributed by atoms with Crippen LogP contribution in [0.2, 0.25) is 0 Å². The molecule has 2 atom stereocenters. The van der Waals surface area contributed by atoms with E-state index < -0.39 is 0 Å². The maximum atomic E-state index is 9.22. The second-order valence-electron chi connectivity index (χ2n) is 5.29. The first-order valence-electron chi connectivity index (χ1n) is 5.96. The average Bonchev–Trinajstić information content (AvgIpc) is 2.20. The van der Waals surface area contributed by atoms with Crippen molar-refractivity contribution in [2.75, 3.05) is 20.3 Å². The molecule has 3 heteroatoms. The Kier molecular flexibility index (Phi) is 5.03. The summed E-state index contributed by atoms with van der Waals surface area (Å²) in [5.41, 5.74) is 0.347. The van der Waals surface area contributed by atoms with Gasteiger partial charge in [0.2, 0.25) is 0 Å². The van der Waals surface area contributed by atoms with E-state index in [0.717, 1.165) is 0 Å². The van der Waals surface area contributed by atoms with Gasteiger partial charge >= 0.3 is 0 Å². The fourth-order valence-corrected chi connectivity index (χ4v) is 2.44.